The number of amides is 1. The summed E-state index contributed by atoms with van der Waals surface area (Å²) < 4.78 is 0. The van der Waals surface area contributed by atoms with E-state index in [1.807, 2.05) is 7.05 Å². The number of carbonyl (C=O) groups excluding carboxylic acids is 1. The summed E-state index contributed by atoms with van der Waals surface area (Å²) in [7, 11) is 2.05. The number of hydrogen-bond donors (Lipinski definition) is 1. The van der Waals surface area contributed by atoms with Gasteiger partial charge in [-0.3, -0.25) is 14.9 Å². The van der Waals surface area contributed by atoms with Crippen LogP contribution in [0.2, 0.25) is 5.02 Å². The summed E-state index contributed by atoms with van der Waals surface area (Å²) in [4.78, 5) is 24.8. The largest absolute Gasteiger partial charge is 0.349 e. The van der Waals surface area contributed by atoms with Crippen LogP contribution >= 0.6 is 11.6 Å². The number of halogens is 1. The summed E-state index contributed by atoms with van der Waals surface area (Å²) in [5, 5.41) is 14.0. The number of nitro groups is 1. The van der Waals surface area contributed by atoms with Crippen LogP contribution in [-0.2, 0) is 0 Å². The van der Waals surface area contributed by atoms with Crippen molar-refractivity contribution < 1.29 is 9.72 Å². The summed E-state index contributed by atoms with van der Waals surface area (Å²) in [5.74, 6) is -0.0322. The molecule has 1 aliphatic rings. The molecular formula is C14H18ClN3O3. The third kappa shape index (κ3) is 3.71. The van der Waals surface area contributed by atoms with Gasteiger partial charge in [0.2, 0.25) is 0 Å². The minimum absolute atomic E-state index is 0.0593. The number of likely N-dealkylation sites (tertiary alicyclic amines) is 1. The van der Waals surface area contributed by atoms with E-state index in [1.165, 1.54) is 18.2 Å². The minimum atomic E-state index is -0.536. The predicted octanol–water partition coefficient (Wildman–Crippen LogP) is 2.32. The molecule has 1 amide bonds. The van der Waals surface area contributed by atoms with Gasteiger partial charge in [0.05, 0.1) is 15.5 Å². The Hall–Kier alpha value is -1.66. The first-order chi connectivity index (χ1) is 9.88. The molecule has 0 aromatic heterocycles. The van der Waals surface area contributed by atoms with Gasteiger partial charge in [0.1, 0.15) is 0 Å². The topological polar surface area (TPSA) is 75.5 Å². The average molecular weight is 312 g/mol. The van der Waals surface area contributed by atoms with Crippen molar-refractivity contribution in [1.29, 1.82) is 0 Å². The number of non-ortho nitro benzene ring substituents is 1. The lowest BCUT2D eigenvalue weighted by molar-refractivity contribution is -0.384. The fourth-order valence-electron chi connectivity index (χ4n) is 2.62. The lowest BCUT2D eigenvalue weighted by atomic mass is 9.94. The van der Waals surface area contributed by atoms with Gasteiger partial charge >= 0.3 is 0 Å². The fourth-order valence-corrected chi connectivity index (χ4v) is 2.82. The van der Waals surface area contributed by atoms with E-state index in [4.69, 9.17) is 11.6 Å². The Balaban J connectivity index is 2.13. The molecule has 1 aromatic carbocycles. The van der Waals surface area contributed by atoms with Gasteiger partial charge < -0.3 is 10.2 Å². The molecule has 1 aliphatic heterocycles. The maximum absolute atomic E-state index is 12.3. The molecule has 0 radical (unpaired) electrons. The molecule has 0 saturated carbocycles. The van der Waals surface area contributed by atoms with Crippen molar-refractivity contribution >= 4 is 23.2 Å². The SMILES string of the molecule is CC1CN(C)CCC1NC(=O)c1cc([N+](=O)[O-])ccc1Cl. The van der Waals surface area contributed by atoms with Crippen LogP contribution in [0, 0.1) is 16.0 Å². The summed E-state index contributed by atoms with van der Waals surface area (Å²) in [5.41, 5.74) is 0.0120. The lowest BCUT2D eigenvalue weighted by Gasteiger charge is -2.35. The van der Waals surface area contributed by atoms with Crippen LogP contribution in [0.5, 0.6) is 0 Å². The molecule has 7 heteroatoms. The van der Waals surface area contributed by atoms with Crippen LogP contribution in [0.15, 0.2) is 18.2 Å². The molecule has 21 heavy (non-hydrogen) atoms. The zero-order valence-corrected chi connectivity index (χ0v) is 12.8. The average Bonchev–Trinajstić information content (AvgIpc) is 2.42. The molecule has 1 saturated heterocycles. The highest BCUT2D eigenvalue weighted by Gasteiger charge is 2.26. The van der Waals surface area contributed by atoms with Gasteiger partial charge in [-0.25, -0.2) is 0 Å². The third-order valence-electron chi connectivity index (χ3n) is 3.83. The number of benzene rings is 1. The van der Waals surface area contributed by atoms with Crippen molar-refractivity contribution in [2.24, 2.45) is 5.92 Å². The first-order valence-corrected chi connectivity index (χ1v) is 7.19. The molecule has 2 rings (SSSR count). The van der Waals surface area contributed by atoms with E-state index in [0.29, 0.717) is 5.92 Å². The van der Waals surface area contributed by atoms with Crippen LogP contribution in [0.4, 0.5) is 5.69 Å². The van der Waals surface area contributed by atoms with Crippen molar-refractivity contribution in [1.82, 2.24) is 10.2 Å². The Morgan fingerprint density at radius 1 is 1.52 bits per heavy atom. The van der Waals surface area contributed by atoms with E-state index < -0.39 is 4.92 Å². The van der Waals surface area contributed by atoms with E-state index in [1.54, 1.807) is 0 Å². The summed E-state index contributed by atoms with van der Waals surface area (Å²) >= 11 is 5.98. The number of piperidine rings is 1. The Morgan fingerprint density at radius 3 is 2.86 bits per heavy atom. The van der Waals surface area contributed by atoms with Gasteiger partial charge in [0, 0.05) is 24.7 Å². The van der Waals surface area contributed by atoms with E-state index in [-0.39, 0.29) is 28.2 Å². The molecule has 2 atom stereocenters. The predicted molar refractivity (Wildman–Crippen MR) is 80.6 cm³/mol. The molecule has 0 aliphatic carbocycles. The maximum atomic E-state index is 12.3. The number of carbonyl (C=O) groups is 1. The quantitative estimate of drug-likeness (QED) is 0.686. The van der Waals surface area contributed by atoms with E-state index >= 15 is 0 Å². The Morgan fingerprint density at radius 2 is 2.24 bits per heavy atom. The molecule has 1 N–H and O–H groups in total. The Kier molecular flexibility index (Phi) is 4.80. The summed E-state index contributed by atoms with van der Waals surface area (Å²) in [6.07, 6.45) is 0.857. The molecule has 1 fully saturated rings. The maximum Gasteiger partial charge on any atom is 0.270 e. The van der Waals surface area contributed by atoms with E-state index in [2.05, 4.69) is 17.1 Å². The van der Waals surface area contributed by atoms with Gasteiger partial charge in [0.25, 0.3) is 11.6 Å². The number of hydrogen-bond acceptors (Lipinski definition) is 4. The Labute approximate surface area is 128 Å². The van der Waals surface area contributed by atoms with Crippen LogP contribution in [0.3, 0.4) is 0 Å². The molecular weight excluding hydrogens is 294 g/mol. The Bertz CT molecular complexity index is 564. The third-order valence-corrected chi connectivity index (χ3v) is 4.16. The van der Waals surface area contributed by atoms with Crippen molar-refractivity contribution in [3.8, 4) is 0 Å². The van der Waals surface area contributed by atoms with Crippen LogP contribution < -0.4 is 5.32 Å². The molecule has 0 bridgehead atoms. The second-order valence-electron chi connectivity index (χ2n) is 5.53. The number of nitro benzene ring substituents is 1. The number of nitrogens with one attached hydrogen (secondary N) is 1. The summed E-state index contributed by atoms with van der Waals surface area (Å²) in [6.45, 7) is 3.90. The van der Waals surface area contributed by atoms with Crippen molar-refractivity contribution in [3.63, 3.8) is 0 Å². The molecule has 6 nitrogen and oxygen atoms in total. The number of nitrogens with zero attached hydrogens (tertiary/aromatic N) is 2. The highest BCUT2D eigenvalue weighted by Crippen LogP contribution is 2.23. The fraction of sp³-hybridized carbons (Fsp3) is 0.500. The monoisotopic (exact) mass is 311 g/mol. The normalized spacial score (nSPS) is 22.8. The van der Waals surface area contributed by atoms with Crippen LogP contribution in [0.25, 0.3) is 0 Å². The molecule has 1 aromatic rings. The second-order valence-corrected chi connectivity index (χ2v) is 5.94. The summed E-state index contributed by atoms with van der Waals surface area (Å²) in [6, 6.07) is 3.95. The van der Waals surface area contributed by atoms with Crippen molar-refractivity contribution in [2.45, 2.75) is 19.4 Å². The first-order valence-electron chi connectivity index (χ1n) is 6.82. The minimum Gasteiger partial charge on any atom is -0.349 e. The zero-order chi connectivity index (χ0) is 15.6. The molecule has 2 unspecified atom stereocenters. The highest BCUT2D eigenvalue weighted by atomic mass is 35.5. The molecule has 0 spiro atoms. The molecule has 114 valence electrons. The van der Waals surface area contributed by atoms with Crippen LogP contribution in [0.1, 0.15) is 23.7 Å². The smallest absolute Gasteiger partial charge is 0.270 e. The van der Waals surface area contributed by atoms with E-state index in [0.717, 1.165) is 19.5 Å². The van der Waals surface area contributed by atoms with Gasteiger partial charge in [-0.2, -0.15) is 0 Å². The van der Waals surface area contributed by atoms with Gasteiger partial charge in [-0.05, 0) is 32.0 Å². The van der Waals surface area contributed by atoms with E-state index in [9.17, 15) is 14.9 Å². The second kappa shape index (κ2) is 6.41. The molecule has 1 heterocycles. The number of rotatable bonds is 3. The standard InChI is InChI=1S/C14H18ClN3O3/c1-9-8-17(2)6-5-13(9)16-14(19)11-7-10(18(20)21)3-4-12(11)15/h3-4,7,9,13H,5-6,8H2,1-2H3,(H,16,19). The highest BCUT2D eigenvalue weighted by molar-refractivity contribution is 6.33. The van der Waals surface area contributed by atoms with Crippen molar-refractivity contribution in [2.75, 3.05) is 20.1 Å². The van der Waals surface area contributed by atoms with Gasteiger partial charge in [-0.1, -0.05) is 18.5 Å². The first kappa shape index (κ1) is 15.7. The van der Waals surface area contributed by atoms with Gasteiger partial charge in [0.15, 0.2) is 0 Å². The zero-order valence-electron chi connectivity index (χ0n) is 12.0. The lowest BCUT2D eigenvalue weighted by Crippen LogP contribution is -2.48. The van der Waals surface area contributed by atoms with Gasteiger partial charge in [-0.15, -0.1) is 0 Å². The van der Waals surface area contributed by atoms with Crippen LogP contribution in [-0.4, -0.2) is 41.9 Å². The van der Waals surface area contributed by atoms with Crippen molar-refractivity contribution in [3.05, 3.63) is 38.9 Å².